The Bertz CT molecular complexity index is 1090. The number of aromatic nitrogens is 2. The molecule has 0 aliphatic rings. The smallest absolute Gasteiger partial charge is 0.264 e. The Kier molecular flexibility index (Phi) is 6.56. The molecule has 0 aliphatic carbocycles. The van der Waals surface area contributed by atoms with Crippen LogP contribution in [0.1, 0.15) is 11.1 Å². The van der Waals surface area contributed by atoms with Gasteiger partial charge in [-0.05, 0) is 55.5 Å². The van der Waals surface area contributed by atoms with Gasteiger partial charge < -0.3 is 0 Å². The molecular formula is C19H20N4O3S3. The third-order valence-electron chi connectivity index (χ3n) is 3.94. The summed E-state index contributed by atoms with van der Waals surface area (Å²) in [5, 5.41) is 10.8. The van der Waals surface area contributed by atoms with Gasteiger partial charge in [0.25, 0.3) is 10.0 Å². The summed E-state index contributed by atoms with van der Waals surface area (Å²) in [7, 11) is -3.94. The van der Waals surface area contributed by atoms with Gasteiger partial charge in [0, 0.05) is 0 Å². The zero-order valence-electron chi connectivity index (χ0n) is 16.1. The lowest BCUT2D eigenvalue weighted by Crippen LogP contribution is -2.38. The second kappa shape index (κ2) is 8.93. The number of hydrogen-bond donors (Lipinski definition) is 1. The van der Waals surface area contributed by atoms with Gasteiger partial charge in [0.15, 0.2) is 4.34 Å². The highest BCUT2D eigenvalue weighted by molar-refractivity contribution is 8.00. The molecule has 0 radical (unpaired) electrons. The number of aryl methyl sites for hydroxylation is 2. The molecule has 1 amide bonds. The molecule has 0 saturated heterocycles. The molecule has 0 fully saturated rings. The van der Waals surface area contributed by atoms with Gasteiger partial charge in [-0.3, -0.25) is 14.4 Å². The highest BCUT2D eigenvalue weighted by Crippen LogP contribution is 2.27. The van der Waals surface area contributed by atoms with Crippen molar-refractivity contribution >= 4 is 49.8 Å². The second-order valence-electron chi connectivity index (χ2n) is 6.30. The van der Waals surface area contributed by atoms with Crippen molar-refractivity contribution in [3.8, 4) is 0 Å². The summed E-state index contributed by atoms with van der Waals surface area (Å²) in [4.78, 5) is 12.8. The van der Waals surface area contributed by atoms with E-state index < -0.39 is 15.9 Å². The molecule has 7 nitrogen and oxygen atoms in total. The fraction of sp³-hybridized carbons (Fsp3) is 0.211. The standard InChI is InChI=1S/C19H20N4O3S3/c1-13-9-14(2)11-15(10-13)23(29(25,26)16-7-5-4-6-8-16)12-17(24)20-18-21-22-19(27-3)28-18/h4-11H,12H2,1-3H3,(H,20,21,24). The number of thioether (sulfide) groups is 1. The molecule has 29 heavy (non-hydrogen) atoms. The first kappa shape index (κ1) is 21.3. The van der Waals surface area contributed by atoms with Gasteiger partial charge in [-0.15, -0.1) is 10.2 Å². The monoisotopic (exact) mass is 448 g/mol. The topological polar surface area (TPSA) is 92.3 Å². The van der Waals surface area contributed by atoms with E-state index in [1.54, 1.807) is 30.3 Å². The van der Waals surface area contributed by atoms with Gasteiger partial charge in [-0.1, -0.05) is 47.4 Å². The summed E-state index contributed by atoms with van der Waals surface area (Å²) in [5.74, 6) is -0.493. The third-order valence-corrected chi connectivity index (χ3v) is 7.54. The Labute approximate surface area is 178 Å². The van der Waals surface area contributed by atoms with E-state index >= 15 is 0 Å². The predicted octanol–water partition coefficient (Wildman–Crippen LogP) is 3.71. The molecule has 0 unspecified atom stereocenters. The molecule has 0 atom stereocenters. The number of benzene rings is 2. The van der Waals surface area contributed by atoms with Crippen molar-refractivity contribution in [1.29, 1.82) is 0 Å². The molecule has 0 saturated carbocycles. The molecule has 3 rings (SSSR count). The van der Waals surface area contributed by atoms with Crippen LogP contribution in [0.4, 0.5) is 10.8 Å². The number of rotatable bonds is 7. The lowest BCUT2D eigenvalue weighted by Gasteiger charge is -2.24. The van der Waals surface area contributed by atoms with Gasteiger partial charge in [0.1, 0.15) is 6.54 Å². The van der Waals surface area contributed by atoms with Gasteiger partial charge in [-0.2, -0.15) is 0 Å². The maximum absolute atomic E-state index is 13.3. The minimum absolute atomic E-state index is 0.118. The minimum atomic E-state index is -3.94. The zero-order chi connectivity index (χ0) is 21.0. The summed E-state index contributed by atoms with van der Waals surface area (Å²) < 4.78 is 28.5. The Morgan fingerprint density at radius 1 is 1.10 bits per heavy atom. The van der Waals surface area contributed by atoms with E-state index in [4.69, 9.17) is 0 Å². The maximum atomic E-state index is 13.3. The molecule has 1 aromatic heterocycles. The number of anilines is 2. The molecule has 3 aromatic rings. The minimum Gasteiger partial charge on any atom is -0.299 e. The van der Waals surface area contributed by atoms with Crippen LogP contribution in [0.5, 0.6) is 0 Å². The first-order valence-corrected chi connectivity index (χ1v) is 12.1. The van der Waals surface area contributed by atoms with Crippen molar-refractivity contribution in [3.05, 3.63) is 59.7 Å². The molecule has 152 valence electrons. The Balaban J connectivity index is 1.95. The molecular weight excluding hydrogens is 428 g/mol. The molecule has 1 N–H and O–H groups in total. The average molecular weight is 449 g/mol. The predicted molar refractivity (Wildman–Crippen MR) is 117 cm³/mol. The SMILES string of the molecule is CSc1nnc(NC(=O)CN(c2cc(C)cc(C)c2)S(=O)(=O)c2ccccc2)s1. The summed E-state index contributed by atoms with van der Waals surface area (Å²) >= 11 is 2.65. The number of nitrogens with one attached hydrogen (secondary N) is 1. The first-order chi connectivity index (χ1) is 13.8. The highest BCUT2D eigenvalue weighted by atomic mass is 32.2. The van der Waals surface area contributed by atoms with Crippen LogP contribution in [0.25, 0.3) is 0 Å². The number of amides is 1. The number of carbonyl (C=O) groups excluding carboxylic acids is 1. The van der Waals surface area contributed by atoms with Crippen LogP contribution in [0.2, 0.25) is 0 Å². The Morgan fingerprint density at radius 2 is 1.76 bits per heavy atom. The van der Waals surface area contributed by atoms with Crippen LogP contribution < -0.4 is 9.62 Å². The van der Waals surface area contributed by atoms with E-state index in [2.05, 4.69) is 15.5 Å². The van der Waals surface area contributed by atoms with Crippen molar-refractivity contribution in [3.63, 3.8) is 0 Å². The van der Waals surface area contributed by atoms with E-state index in [9.17, 15) is 13.2 Å². The van der Waals surface area contributed by atoms with Crippen LogP contribution in [0.15, 0.2) is 57.8 Å². The van der Waals surface area contributed by atoms with Crippen LogP contribution >= 0.6 is 23.1 Å². The van der Waals surface area contributed by atoms with Crippen molar-refractivity contribution in [1.82, 2.24) is 10.2 Å². The van der Waals surface area contributed by atoms with Crippen molar-refractivity contribution < 1.29 is 13.2 Å². The lowest BCUT2D eigenvalue weighted by atomic mass is 10.1. The quantitative estimate of drug-likeness (QED) is 0.438. The summed E-state index contributed by atoms with van der Waals surface area (Å²) in [6.07, 6.45) is 1.86. The molecule has 0 aliphatic heterocycles. The molecule has 0 bridgehead atoms. The fourth-order valence-electron chi connectivity index (χ4n) is 2.76. The Morgan fingerprint density at radius 3 is 2.34 bits per heavy atom. The number of hydrogen-bond acceptors (Lipinski definition) is 7. The van der Waals surface area contributed by atoms with E-state index in [1.807, 2.05) is 26.2 Å². The molecule has 10 heteroatoms. The largest absolute Gasteiger partial charge is 0.299 e. The summed E-state index contributed by atoms with van der Waals surface area (Å²) in [5.41, 5.74) is 2.24. The second-order valence-corrected chi connectivity index (χ2v) is 10.2. The van der Waals surface area contributed by atoms with Crippen molar-refractivity contribution in [2.75, 3.05) is 22.4 Å². The highest BCUT2D eigenvalue weighted by Gasteiger charge is 2.27. The van der Waals surface area contributed by atoms with Gasteiger partial charge in [0.2, 0.25) is 11.0 Å². The van der Waals surface area contributed by atoms with E-state index in [1.165, 1.54) is 35.2 Å². The van der Waals surface area contributed by atoms with Gasteiger partial charge in [0.05, 0.1) is 10.6 Å². The maximum Gasteiger partial charge on any atom is 0.264 e. The van der Waals surface area contributed by atoms with E-state index in [0.717, 1.165) is 15.4 Å². The third kappa shape index (κ3) is 5.14. The van der Waals surface area contributed by atoms with Gasteiger partial charge >= 0.3 is 0 Å². The average Bonchev–Trinajstić information content (AvgIpc) is 3.13. The molecule has 0 spiro atoms. The summed E-state index contributed by atoms with van der Waals surface area (Å²) in [6.45, 7) is 3.39. The van der Waals surface area contributed by atoms with Gasteiger partial charge in [-0.25, -0.2) is 8.42 Å². The molecule has 2 aromatic carbocycles. The first-order valence-electron chi connectivity index (χ1n) is 8.63. The number of nitrogens with zero attached hydrogens (tertiary/aromatic N) is 3. The lowest BCUT2D eigenvalue weighted by molar-refractivity contribution is -0.114. The fourth-order valence-corrected chi connectivity index (χ4v) is 5.37. The molecule has 1 heterocycles. The van der Waals surface area contributed by atoms with Crippen LogP contribution in [-0.2, 0) is 14.8 Å². The van der Waals surface area contributed by atoms with E-state index in [-0.39, 0.29) is 11.4 Å². The van der Waals surface area contributed by atoms with Crippen molar-refractivity contribution in [2.45, 2.75) is 23.1 Å². The van der Waals surface area contributed by atoms with Crippen LogP contribution in [-0.4, -0.2) is 37.3 Å². The normalized spacial score (nSPS) is 11.3. The zero-order valence-corrected chi connectivity index (χ0v) is 18.6. The van der Waals surface area contributed by atoms with Crippen LogP contribution in [0, 0.1) is 13.8 Å². The summed E-state index contributed by atoms with van der Waals surface area (Å²) in [6, 6.07) is 13.5. The number of sulfonamides is 1. The van der Waals surface area contributed by atoms with E-state index in [0.29, 0.717) is 15.2 Å². The number of carbonyl (C=O) groups is 1. The van der Waals surface area contributed by atoms with Crippen molar-refractivity contribution in [2.24, 2.45) is 0 Å². The van der Waals surface area contributed by atoms with Crippen LogP contribution in [0.3, 0.4) is 0 Å². The Hall–Kier alpha value is -2.43.